The van der Waals surface area contributed by atoms with Crippen LogP contribution in [0.3, 0.4) is 0 Å². The highest BCUT2D eigenvalue weighted by Gasteiger charge is 2.58. The fourth-order valence-electron chi connectivity index (χ4n) is 5.49. The van der Waals surface area contributed by atoms with Gasteiger partial charge in [-0.3, -0.25) is 0 Å². The molecule has 6 atom stereocenters. The van der Waals surface area contributed by atoms with Crippen LogP contribution >= 0.6 is 0 Å². The summed E-state index contributed by atoms with van der Waals surface area (Å²) in [4.78, 5) is 0. The van der Waals surface area contributed by atoms with Gasteiger partial charge in [-0.25, -0.2) is 0 Å². The summed E-state index contributed by atoms with van der Waals surface area (Å²) in [6.07, 6.45) is 1.70. The van der Waals surface area contributed by atoms with Crippen LogP contribution in [0.25, 0.3) is 0 Å². The van der Waals surface area contributed by atoms with Crippen molar-refractivity contribution in [2.24, 2.45) is 22.4 Å². The summed E-state index contributed by atoms with van der Waals surface area (Å²) in [5.74, 6) is 0.968. The lowest BCUT2D eigenvalue weighted by molar-refractivity contribution is -0.0481. The van der Waals surface area contributed by atoms with Crippen LogP contribution < -0.4 is 0 Å². The number of phenols is 1. The highest BCUT2D eigenvalue weighted by atomic mass is 16.4. The van der Waals surface area contributed by atoms with Crippen LogP contribution in [-0.2, 0) is 0 Å². The molecule has 1 aromatic carbocycles. The lowest BCUT2D eigenvalue weighted by atomic mass is 9.55. The monoisotopic (exact) mass is 317 g/mol. The minimum absolute atomic E-state index is 0.177. The van der Waals surface area contributed by atoms with Crippen molar-refractivity contribution < 1.29 is 20.5 Å². The number of hydrogen-bond donors (Lipinski definition) is 4. The molecule has 0 amide bonds. The van der Waals surface area contributed by atoms with E-state index in [4.69, 9.17) is 0 Å². The minimum Gasteiger partial charge on any atom is -0.508 e. The maximum Gasteiger partial charge on any atom is 0.116 e. The number of aromatic hydroxyl groups is 1. The number of phenolic OH excluding ortho intramolecular Hbond substituents is 1. The molecule has 0 heterocycles. The van der Waals surface area contributed by atoms with Gasteiger partial charge in [0, 0.05) is 5.56 Å². The zero-order chi connectivity index (χ0) is 16.4. The second-order valence-electron chi connectivity index (χ2n) is 7.69. The number of oxime groups is 1. The van der Waals surface area contributed by atoms with E-state index in [1.54, 1.807) is 12.1 Å². The molecule has 0 aliphatic heterocycles. The second-order valence-corrected chi connectivity index (χ2v) is 7.69. The smallest absolute Gasteiger partial charge is 0.116 e. The van der Waals surface area contributed by atoms with Crippen LogP contribution in [0.2, 0.25) is 0 Å². The lowest BCUT2D eigenvalue weighted by Crippen LogP contribution is -2.45. The topological polar surface area (TPSA) is 93.3 Å². The maximum absolute atomic E-state index is 10.4. The van der Waals surface area contributed by atoms with Crippen molar-refractivity contribution in [3.05, 3.63) is 29.3 Å². The molecule has 2 fully saturated rings. The number of aliphatic hydroxyl groups is 2. The molecule has 0 saturated heterocycles. The molecule has 0 aromatic heterocycles. The molecule has 5 nitrogen and oxygen atoms in total. The van der Waals surface area contributed by atoms with E-state index in [2.05, 4.69) is 12.1 Å². The van der Waals surface area contributed by atoms with Crippen molar-refractivity contribution in [2.75, 3.05) is 0 Å². The van der Waals surface area contributed by atoms with E-state index in [1.165, 1.54) is 0 Å². The third-order valence-corrected chi connectivity index (χ3v) is 6.71. The molecule has 4 N–H and O–H groups in total. The highest BCUT2D eigenvalue weighted by Crippen LogP contribution is 2.60. The Hall–Kier alpha value is -1.59. The van der Waals surface area contributed by atoms with Gasteiger partial charge >= 0.3 is 0 Å². The fourth-order valence-corrected chi connectivity index (χ4v) is 5.49. The van der Waals surface area contributed by atoms with Gasteiger partial charge in [0.05, 0.1) is 17.9 Å². The molecule has 4 rings (SSSR count). The lowest BCUT2D eigenvalue weighted by Gasteiger charge is -2.49. The predicted octanol–water partition coefficient (Wildman–Crippen LogP) is 2.22. The molecule has 0 unspecified atom stereocenters. The van der Waals surface area contributed by atoms with E-state index < -0.39 is 12.2 Å². The Kier molecular flexibility index (Phi) is 3.22. The fraction of sp³-hybridized carbons (Fsp3) is 0.611. The van der Waals surface area contributed by atoms with Crippen LogP contribution in [0, 0.1) is 17.3 Å². The Labute approximate surface area is 135 Å². The van der Waals surface area contributed by atoms with Crippen molar-refractivity contribution in [3.8, 4) is 5.75 Å². The van der Waals surface area contributed by atoms with Crippen molar-refractivity contribution in [1.82, 2.24) is 0 Å². The molecule has 1 aromatic rings. The average Bonchev–Trinajstić information content (AvgIpc) is 2.77. The van der Waals surface area contributed by atoms with Gasteiger partial charge in [0.1, 0.15) is 5.75 Å². The Balaban J connectivity index is 1.79. The van der Waals surface area contributed by atoms with Crippen LogP contribution in [0.4, 0.5) is 0 Å². The summed E-state index contributed by atoms with van der Waals surface area (Å²) in [6, 6.07) is 5.28. The number of aliphatic hydroxyl groups excluding tert-OH is 2. The van der Waals surface area contributed by atoms with Gasteiger partial charge < -0.3 is 20.5 Å². The second kappa shape index (κ2) is 4.95. The van der Waals surface area contributed by atoms with Gasteiger partial charge in [0.15, 0.2) is 0 Å². The van der Waals surface area contributed by atoms with Crippen molar-refractivity contribution in [3.63, 3.8) is 0 Å². The third kappa shape index (κ3) is 1.96. The number of nitrogens with zero attached hydrogens (tertiary/aromatic N) is 1. The van der Waals surface area contributed by atoms with E-state index in [9.17, 15) is 20.5 Å². The van der Waals surface area contributed by atoms with E-state index in [1.807, 2.05) is 6.07 Å². The van der Waals surface area contributed by atoms with E-state index in [0.29, 0.717) is 24.5 Å². The predicted molar refractivity (Wildman–Crippen MR) is 84.7 cm³/mol. The SMILES string of the molecule is C[C@]12CC[C@@H]3c4ccc(O)cc4/C(=N\O)C[C@H]3[C@@H]1C[C@@H](O)[C@@H]2O. The average molecular weight is 317 g/mol. The molecule has 5 heteroatoms. The molecule has 0 radical (unpaired) electrons. The summed E-state index contributed by atoms with van der Waals surface area (Å²) < 4.78 is 0. The standard InChI is InChI=1S/C18H23NO4/c1-18-5-4-11-10-3-2-9(20)6-13(10)15(19-23)7-12(11)14(18)8-16(21)17(18)22/h2-3,6,11-12,14,16-17,20-23H,4-5,7-8H2,1H3/b19-15-/t11-,12-,14+,16-,17+,18+/m1/s1. The molecular weight excluding hydrogens is 294 g/mol. The Morgan fingerprint density at radius 3 is 2.78 bits per heavy atom. The van der Waals surface area contributed by atoms with Crippen LogP contribution in [0.1, 0.15) is 49.7 Å². The molecule has 23 heavy (non-hydrogen) atoms. The zero-order valence-corrected chi connectivity index (χ0v) is 13.2. The van der Waals surface area contributed by atoms with E-state index in [-0.39, 0.29) is 23.0 Å². The zero-order valence-electron chi connectivity index (χ0n) is 13.2. The molecule has 3 aliphatic carbocycles. The minimum atomic E-state index is -0.677. The highest BCUT2D eigenvalue weighted by molar-refractivity contribution is 6.03. The first-order valence-electron chi connectivity index (χ1n) is 8.36. The summed E-state index contributed by atoms with van der Waals surface area (Å²) in [5, 5.41) is 43.3. The van der Waals surface area contributed by atoms with Gasteiger partial charge in [0.25, 0.3) is 0 Å². The van der Waals surface area contributed by atoms with Gasteiger partial charge in [-0.2, -0.15) is 0 Å². The van der Waals surface area contributed by atoms with Gasteiger partial charge in [-0.15, -0.1) is 0 Å². The number of fused-ring (bicyclic) bond motifs is 5. The summed E-state index contributed by atoms with van der Waals surface area (Å²) in [5.41, 5.74) is 2.27. The summed E-state index contributed by atoms with van der Waals surface area (Å²) in [7, 11) is 0. The van der Waals surface area contributed by atoms with Crippen molar-refractivity contribution in [2.45, 2.75) is 50.7 Å². The first-order chi connectivity index (χ1) is 11.0. The van der Waals surface area contributed by atoms with Crippen molar-refractivity contribution >= 4 is 5.71 Å². The van der Waals surface area contributed by atoms with Crippen LogP contribution in [0.5, 0.6) is 5.75 Å². The van der Waals surface area contributed by atoms with E-state index in [0.717, 1.165) is 24.0 Å². The molecular formula is C18H23NO4. The first kappa shape index (κ1) is 15.0. The Morgan fingerprint density at radius 1 is 1.26 bits per heavy atom. The van der Waals surface area contributed by atoms with Crippen LogP contribution in [-0.4, -0.2) is 38.4 Å². The van der Waals surface area contributed by atoms with Crippen LogP contribution in [0.15, 0.2) is 23.4 Å². The Morgan fingerprint density at radius 2 is 2.04 bits per heavy atom. The van der Waals surface area contributed by atoms with E-state index >= 15 is 0 Å². The first-order valence-corrected chi connectivity index (χ1v) is 8.36. The molecule has 2 saturated carbocycles. The third-order valence-electron chi connectivity index (χ3n) is 6.71. The number of benzene rings is 1. The maximum atomic E-state index is 10.4. The van der Waals surface area contributed by atoms with Gasteiger partial charge in [0.2, 0.25) is 0 Å². The molecule has 3 aliphatic rings. The Bertz CT molecular complexity index is 673. The largest absolute Gasteiger partial charge is 0.508 e. The number of hydrogen-bond acceptors (Lipinski definition) is 5. The molecule has 0 bridgehead atoms. The summed E-state index contributed by atoms with van der Waals surface area (Å²) >= 11 is 0. The molecule has 124 valence electrons. The molecule has 0 spiro atoms. The normalized spacial score (nSPS) is 43.8. The quantitative estimate of drug-likeness (QED) is 0.436. The van der Waals surface area contributed by atoms with Crippen molar-refractivity contribution in [1.29, 1.82) is 0 Å². The number of rotatable bonds is 0. The van der Waals surface area contributed by atoms with Gasteiger partial charge in [-0.1, -0.05) is 18.1 Å². The summed E-state index contributed by atoms with van der Waals surface area (Å²) in [6.45, 7) is 2.08. The van der Waals surface area contributed by atoms with Gasteiger partial charge in [-0.05, 0) is 66.5 Å².